The molecule has 0 unspecified atom stereocenters. The summed E-state index contributed by atoms with van der Waals surface area (Å²) in [6.45, 7) is 3.83. The highest BCUT2D eigenvalue weighted by atomic mass is 32.2. The maximum absolute atomic E-state index is 11.8. The second-order valence-corrected chi connectivity index (χ2v) is 7.55. The van der Waals surface area contributed by atoms with Gasteiger partial charge in [0.1, 0.15) is 5.75 Å². The highest BCUT2D eigenvalue weighted by Gasteiger charge is 2.12. The first-order valence-corrected chi connectivity index (χ1v) is 9.78. The molecular weight excluding hydrogens is 374 g/mol. The molecule has 1 aromatic carbocycles. The van der Waals surface area contributed by atoms with Crippen LogP contribution >= 0.6 is 23.1 Å². The van der Waals surface area contributed by atoms with Gasteiger partial charge in [-0.3, -0.25) is 10.1 Å². The molecule has 0 aliphatic heterocycles. The smallest absolute Gasteiger partial charge is 0.321 e. The first-order chi connectivity index (χ1) is 12.5. The molecule has 0 spiro atoms. The summed E-state index contributed by atoms with van der Waals surface area (Å²) in [5.74, 6) is 0.480. The number of hydrogen-bond donors (Lipinski definition) is 3. The number of rotatable bonds is 8. The molecule has 0 fully saturated rings. The first kappa shape index (κ1) is 20.0. The van der Waals surface area contributed by atoms with E-state index in [1.165, 1.54) is 23.1 Å². The lowest BCUT2D eigenvalue weighted by Gasteiger charge is -2.11. The largest absolute Gasteiger partial charge is 0.497 e. The van der Waals surface area contributed by atoms with Crippen LogP contribution in [0, 0.1) is 0 Å². The van der Waals surface area contributed by atoms with Crippen molar-refractivity contribution in [3.05, 3.63) is 24.3 Å². The van der Waals surface area contributed by atoms with E-state index in [1.807, 2.05) is 38.1 Å². The Labute approximate surface area is 160 Å². The summed E-state index contributed by atoms with van der Waals surface area (Å²) in [7, 11) is 1.61. The molecule has 3 N–H and O–H groups in total. The molecule has 2 rings (SSSR count). The van der Waals surface area contributed by atoms with Gasteiger partial charge in [0.2, 0.25) is 11.0 Å². The highest BCUT2D eigenvalue weighted by molar-refractivity contribution is 8.01. The van der Waals surface area contributed by atoms with Gasteiger partial charge in [-0.25, -0.2) is 4.79 Å². The zero-order chi connectivity index (χ0) is 18.9. The molecule has 0 radical (unpaired) electrons. The quantitative estimate of drug-likeness (QED) is 0.590. The van der Waals surface area contributed by atoms with Crippen LogP contribution in [0.4, 0.5) is 15.6 Å². The molecule has 0 bridgehead atoms. The summed E-state index contributed by atoms with van der Waals surface area (Å²) in [6, 6.07) is 6.96. The molecule has 8 nitrogen and oxygen atoms in total. The number of nitrogens with zero attached hydrogens (tertiary/aromatic N) is 2. The maximum atomic E-state index is 11.8. The number of benzene rings is 1. The van der Waals surface area contributed by atoms with Crippen LogP contribution in [0.2, 0.25) is 0 Å². The van der Waals surface area contributed by atoms with Gasteiger partial charge in [-0.2, -0.15) is 0 Å². The van der Waals surface area contributed by atoms with Crippen molar-refractivity contribution in [2.75, 3.05) is 18.2 Å². The zero-order valence-corrected chi connectivity index (χ0v) is 16.4. The van der Waals surface area contributed by atoms with Crippen LogP contribution in [0.5, 0.6) is 5.75 Å². The lowest BCUT2D eigenvalue weighted by atomic mass is 10.3. The van der Waals surface area contributed by atoms with Gasteiger partial charge in [-0.15, -0.1) is 10.2 Å². The van der Waals surface area contributed by atoms with Crippen molar-refractivity contribution in [2.24, 2.45) is 0 Å². The van der Waals surface area contributed by atoms with E-state index in [0.717, 1.165) is 17.9 Å². The van der Waals surface area contributed by atoms with Crippen LogP contribution < -0.4 is 20.7 Å². The number of carbonyl (C=O) groups excluding carboxylic acids is 2. The monoisotopic (exact) mass is 395 g/mol. The summed E-state index contributed by atoms with van der Waals surface area (Å²) in [4.78, 5) is 23.4. The molecule has 10 heteroatoms. The summed E-state index contributed by atoms with van der Waals surface area (Å²) < 4.78 is 5.75. The molecule has 0 aliphatic carbocycles. The number of aromatic nitrogens is 2. The SMILES string of the molecule is CC[C@H](C)NC(=O)NC(=O)CSc1nnc(Nc2ccc(OC)cc2)s1. The predicted octanol–water partition coefficient (Wildman–Crippen LogP) is 3.01. The number of urea groups is 1. The number of methoxy groups -OCH3 is 1. The van der Waals surface area contributed by atoms with Crippen molar-refractivity contribution in [1.82, 2.24) is 20.8 Å². The molecule has 0 saturated heterocycles. The van der Waals surface area contributed by atoms with Crippen molar-refractivity contribution in [1.29, 1.82) is 0 Å². The topological polar surface area (TPSA) is 105 Å². The Morgan fingerprint density at radius 2 is 2.00 bits per heavy atom. The van der Waals surface area contributed by atoms with Crippen LogP contribution in [0.15, 0.2) is 28.6 Å². The van der Waals surface area contributed by atoms with Crippen molar-refractivity contribution in [3.8, 4) is 5.75 Å². The molecule has 0 aliphatic rings. The number of hydrogen-bond acceptors (Lipinski definition) is 8. The Morgan fingerprint density at radius 3 is 2.65 bits per heavy atom. The summed E-state index contributed by atoms with van der Waals surface area (Å²) in [5, 5.41) is 16.8. The van der Waals surface area contributed by atoms with E-state index in [9.17, 15) is 9.59 Å². The standard InChI is InChI=1S/C16H21N5O3S2/c1-4-10(2)17-14(23)19-13(22)9-25-16-21-20-15(26-16)18-11-5-7-12(24-3)8-6-11/h5-8,10H,4,9H2,1-3H3,(H,18,20)(H2,17,19,22,23)/t10-/m0/s1. The van der Waals surface area contributed by atoms with E-state index in [-0.39, 0.29) is 17.7 Å². The number of ether oxygens (including phenoxy) is 1. The number of imide groups is 1. The second-order valence-electron chi connectivity index (χ2n) is 5.35. The highest BCUT2D eigenvalue weighted by Crippen LogP contribution is 2.28. The molecule has 1 heterocycles. The molecule has 1 atom stereocenters. The fourth-order valence-electron chi connectivity index (χ4n) is 1.77. The average molecular weight is 396 g/mol. The normalized spacial score (nSPS) is 11.5. The van der Waals surface area contributed by atoms with E-state index >= 15 is 0 Å². The van der Waals surface area contributed by atoms with E-state index in [1.54, 1.807) is 7.11 Å². The Morgan fingerprint density at radius 1 is 1.27 bits per heavy atom. The molecule has 3 amide bonds. The minimum absolute atomic E-state index is 0.0187. The molecule has 0 saturated carbocycles. The number of thioether (sulfide) groups is 1. The van der Waals surface area contributed by atoms with Gasteiger partial charge in [0.25, 0.3) is 0 Å². The van der Waals surface area contributed by atoms with Crippen LogP contribution in [-0.4, -0.2) is 41.0 Å². The molecule has 140 valence electrons. The van der Waals surface area contributed by atoms with E-state index in [0.29, 0.717) is 9.47 Å². The van der Waals surface area contributed by atoms with Crippen LogP contribution in [-0.2, 0) is 4.79 Å². The van der Waals surface area contributed by atoms with Crippen molar-refractivity contribution in [3.63, 3.8) is 0 Å². The molecule has 1 aromatic heterocycles. The van der Waals surface area contributed by atoms with E-state index in [2.05, 4.69) is 26.1 Å². The fourth-order valence-corrected chi connectivity index (χ4v) is 3.34. The average Bonchev–Trinajstić information content (AvgIpc) is 3.07. The first-order valence-electron chi connectivity index (χ1n) is 7.98. The fraction of sp³-hybridized carbons (Fsp3) is 0.375. The van der Waals surface area contributed by atoms with Crippen LogP contribution in [0.25, 0.3) is 0 Å². The van der Waals surface area contributed by atoms with Gasteiger partial charge in [0, 0.05) is 11.7 Å². The van der Waals surface area contributed by atoms with Gasteiger partial charge < -0.3 is 15.4 Å². The van der Waals surface area contributed by atoms with Crippen molar-refractivity contribution < 1.29 is 14.3 Å². The van der Waals surface area contributed by atoms with Gasteiger partial charge in [-0.05, 0) is 37.6 Å². The van der Waals surface area contributed by atoms with Gasteiger partial charge in [0.05, 0.1) is 12.9 Å². The number of amides is 3. The van der Waals surface area contributed by atoms with E-state index < -0.39 is 6.03 Å². The third kappa shape index (κ3) is 6.52. The number of carbonyl (C=O) groups is 2. The van der Waals surface area contributed by atoms with Crippen LogP contribution in [0.3, 0.4) is 0 Å². The van der Waals surface area contributed by atoms with Gasteiger partial charge in [0.15, 0.2) is 4.34 Å². The third-order valence-corrected chi connectivity index (χ3v) is 5.29. The Balaban J connectivity index is 1.78. The summed E-state index contributed by atoms with van der Waals surface area (Å²) in [6.07, 6.45) is 0.797. The van der Waals surface area contributed by atoms with Gasteiger partial charge in [-0.1, -0.05) is 30.0 Å². The lowest BCUT2D eigenvalue weighted by Crippen LogP contribution is -2.43. The third-order valence-electron chi connectivity index (χ3n) is 3.32. The van der Waals surface area contributed by atoms with E-state index in [4.69, 9.17) is 4.74 Å². The lowest BCUT2D eigenvalue weighted by molar-refractivity contribution is -0.117. The molecule has 2 aromatic rings. The minimum atomic E-state index is -0.482. The zero-order valence-electron chi connectivity index (χ0n) is 14.7. The predicted molar refractivity (Wildman–Crippen MR) is 103 cm³/mol. The molecule has 26 heavy (non-hydrogen) atoms. The van der Waals surface area contributed by atoms with Crippen molar-refractivity contribution in [2.45, 2.75) is 30.6 Å². The Hall–Kier alpha value is -2.33. The summed E-state index contributed by atoms with van der Waals surface area (Å²) in [5.41, 5.74) is 0.859. The Kier molecular flexibility index (Phi) is 7.67. The maximum Gasteiger partial charge on any atom is 0.321 e. The van der Waals surface area contributed by atoms with Gasteiger partial charge >= 0.3 is 6.03 Å². The second kappa shape index (κ2) is 9.97. The minimum Gasteiger partial charge on any atom is -0.497 e. The Bertz CT molecular complexity index is 736. The molecular formula is C16H21N5O3S2. The number of nitrogens with one attached hydrogen (secondary N) is 3. The number of anilines is 2. The van der Waals surface area contributed by atoms with Crippen LogP contribution in [0.1, 0.15) is 20.3 Å². The van der Waals surface area contributed by atoms with Crippen molar-refractivity contribution >= 4 is 45.9 Å². The summed E-state index contributed by atoms with van der Waals surface area (Å²) >= 11 is 2.56.